The first-order chi connectivity index (χ1) is 15.1. The Balaban J connectivity index is 1.63. The first kappa shape index (κ1) is 22.2. The van der Waals surface area contributed by atoms with Crippen LogP contribution >= 0.6 is 22.6 Å². The van der Waals surface area contributed by atoms with Crippen LogP contribution in [0.2, 0.25) is 0 Å². The van der Waals surface area contributed by atoms with Gasteiger partial charge in [-0.2, -0.15) is 5.10 Å². The number of hydrogen-bond donors (Lipinski definition) is 1. The normalized spacial score (nSPS) is 10.9. The third-order valence-corrected chi connectivity index (χ3v) is 5.05. The number of benzene rings is 3. The van der Waals surface area contributed by atoms with E-state index in [2.05, 4.69) is 33.1 Å². The summed E-state index contributed by atoms with van der Waals surface area (Å²) in [6.45, 7) is 0. The molecule has 156 valence electrons. The van der Waals surface area contributed by atoms with Crippen LogP contribution in [0.15, 0.2) is 84.0 Å². The Morgan fingerprint density at radius 2 is 1.68 bits per heavy atom. The van der Waals surface area contributed by atoms with Gasteiger partial charge in [-0.15, -0.1) is 0 Å². The summed E-state index contributed by atoms with van der Waals surface area (Å²) in [5.74, 6) is -0.170. The summed E-state index contributed by atoms with van der Waals surface area (Å²) < 4.78 is 11.5. The van der Waals surface area contributed by atoms with Crippen molar-refractivity contribution in [3.05, 3.63) is 99.1 Å². The van der Waals surface area contributed by atoms with Crippen LogP contribution in [0.1, 0.15) is 21.5 Å². The fourth-order valence-electron chi connectivity index (χ4n) is 2.59. The number of nitrogens with one attached hydrogen (secondary N) is 1. The van der Waals surface area contributed by atoms with Gasteiger partial charge < -0.3 is 9.47 Å². The van der Waals surface area contributed by atoms with Crippen LogP contribution in [-0.2, 0) is 4.79 Å². The highest BCUT2D eigenvalue weighted by Gasteiger charge is 2.10. The largest absolute Gasteiger partial charge is 0.493 e. The van der Waals surface area contributed by atoms with E-state index in [-0.39, 0.29) is 11.7 Å². The number of hydrogen-bond acceptors (Lipinski definition) is 5. The lowest BCUT2D eigenvalue weighted by Gasteiger charge is -2.08. The number of rotatable bonds is 7. The highest BCUT2D eigenvalue weighted by atomic mass is 127. The van der Waals surface area contributed by atoms with Crippen molar-refractivity contribution in [2.45, 2.75) is 0 Å². The van der Waals surface area contributed by atoms with Gasteiger partial charge in [0.1, 0.15) is 0 Å². The fourth-order valence-corrected chi connectivity index (χ4v) is 3.22. The van der Waals surface area contributed by atoms with Crippen molar-refractivity contribution in [2.24, 2.45) is 5.10 Å². The first-order valence-electron chi connectivity index (χ1n) is 9.28. The van der Waals surface area contributed by atoms with Crippen LogP contribution in [0.5, 0.6) is 11.5 Å². The Bertz CT molecular complexity index is 1130. The van der Waals surface area contributed by atoms with Gasteiger partial charge >= 0.3 is 5.97 Å². The van der Waals surface area contributed by atoms with Crippen molar-refractivity contribution in [1.82, 2.24) is 5.43 Å². The van der Waals surface area contributed by atoms with E-state index in [1.807, 2.05) is 42.5 Å². The van der Waals surface area contributed by atoms with Crippen molar-refractivity contribution >= 4 is 46.8 Å². The summed E-state index contributed by atoms with van der Waals surface area (Å²) in [6, 6.07) is 21.6. The van der Waals surface area contributed by atoms with Crippen molar-refractivity contribution in [1.29, 1.82) is 0 Å². The molecule has 0 unspecified atom stereocenters. The van der Waals surface area contributed by atoms with Gasteiger partial charge in [-0.05, 0) is 70.1 Å². The second-order valence-corrected chi connectivity index (χ2v) is 7.42. The molecule has 6 nitrogen and oxygen atoms in total. The molecule has 1 N–H and O–H groups in total. The number of ether oxygens (including phenoxy) is 2. The number of hydrazone groups is 1. The van der Waals surface area contributed by atoms with Crippen molar-refractivity contribution < 1.29 is 19.1 Å². The standard InChI is InChI=1S/C24H19IN2O4/c1-30-22-15-18(16-26-27-24(29)19-9-5-6-10-20(19)25)11-13-21(22)31-23(28)14-12-17-7-3-2-4-8-17/h2-16H,1H3,(H,27,29)/b14-12+,26-16+. The van der Waals surface area contributed by atoms with Gasteiger partial charge in [-0.1, -0.05) is 42.5 Å². The molecule has 0 fully saturated rings. The van der Waals surface area contributed by atoms with E-state index in [9.17, 15) is 9.59 Å². The van der Waals surface area contributed by atoms with Crippen molar-refractivity contribution in [3.8, 4) is 11.5 Å². The summed E-state index contributed by atoms with van der Waals surface area (Å²) >= 11 is 2.09. The Morgan fingerprint density at radius 3 is 2.42 bits per heavy atom. The molecule has 3 aromatic carbocycles. The van der Waals surface area contributed by atoms with E-state index in [1.54, 1.807) is 36.4 Å². The van der Waals surface area contributed by atoms with E-state index in [4.69, 9.17) is 9.47 Å². The number of amides is 1. The molecule has 1 amide bonds. The predicted molar refractivity (Wildman–Crippen MR) is 128 cm³/mol. The minimum Gasteiger partial charge on any atom is -0.493 e. The van der Waals surface area contributed by atoms with Gasteiger partial charge in [0.25, 0.3) is 5.91 Å². The molecule has 0 aliphatic carbocycles. The number of carbonyl (C=O) groups is 2. The molecule has 0 bridgehead atoms. The predicted octanol–water partition coefficient (Wildman–Crippen LogP) is 4.68. The topological polar surface area (TPSA) is 77.0 Å². The number of nitrogens with zero attached hydrogens (tertiary/aromatic N) is 1. The van der Waals surface area contributed by atoms with Gasteiger partial charge in [0.2, 0.25) is 0 Å². The molecule has 3 rings (SSSR count). The summed E-state index contributed by atoms with van der Waals surface area (Å²) in [5, 5.41) is 3.99. The SMILES string of the molecule is COc1cc(/C=N/NC(=O)c2ccccc2I)ccc1OC(=O)/C=C/c1ccccc1. The van der Waals surface area contributed by atoms with Gasteiger partial charge in [0.15, 0.2) is 11.5 Å². The Hall–Kier alpha value is -3.46. The average molecular weight is 526 g/mol. The molecular weight excluding hydrogens is 507 g/mol. The Labute approximate surface area is 193 Å². The zero-order chi connectivity index (χ0) is 22.1. The molecule has 0 atom stereocenters. The van der Waals surface area contributed by atoms with Crippen LogP contribution in [0.3, 0.4) is 0 Å². The zero-order valence-electron chi connectivity index (χ0n) is 16.6. The summed E-state index contributed by atoms with van der Waals surface area (Å²) in [4.78, 5) is 24.3. The summed E-state index contributed by atoms with van der Waals surface area (Å²) in [5.41, 5.74) is 4.60. The molecule has 0 spiro atoms. The fraction of sp³-hybridized carbons (Fsp3) is 0.0417. The number of methoxy groups -OCH3 is 1. The molecule has 31 heavy (non-hydrogen) atoms. The van der Waals surface area contributed by atoms with Gasteiger partial charge in [-0.25, -0.2) is 10.2 Å². The van der Waals surface area contributed by atoms with Crippen LogP contribution < -0.4 is 14.9 Å². The second kappa shape index (κ2) is 11.1. The number of esters is 1. The third kappa shape index (κ3) is 6.51. The number of carbonyl (C=O) groups excluding carboxylic acids is 2. The van der Waals surface area contributed by atoms with Crippen molar-refractivity contribution in [3.63, 3.8) is 0 Å². The molecular formula is C24H19IN2O4. The van der Waals surface area contributed by atoms with Crippen LogP contribution in [0.25, 0.3) is 6.08 Å². The summed E-state index contributed by atoms with van der Waals surface area (Å²) in [6.07, 6.45) is 4.51. The first-order valence-corrected chi connectivity index (χ1v) is 10.4. The molecule has 3 aromatic rings. The molecule has 0 radical (unpaired) electrons. The molecule has 0 saturated carbocycles. The van der Waals surface area contributed by atoms with Gasteiger partial charge in [0, 0.05) is 9.65 Å². The van der Waals surface area contributed by atoms with E-state index < -0.39 is 5.97 Å². The monoisotopic (exact) mass is 526 g/mol. The van der Waals surface area contributed by atoms with Crippen LogP contribution in [0.4, 0.5) is 0 Å². The summed E-state index contributed by atoms with van der Waals surface area (Å²) in [7, 11) is 1.48. The molecule has 0 aliphatic rings. The van der Waals surface area contributed by atoms with E-state index >= 15 is 0 Å². The molecule has 0 aromatic heterocycles. The van der Waals surface area contributed by atoms with Crippen molar-refractivity contribution in [2.75, 3.05) is 7.11 Å². The smallest absolute Gasteiger partial charge is 0.336 e. The molecule has 0 aliphatic heterocycles. The Kier molecular flexibility index (Phi) is 7.94. The Morgan fingerprint density at radius 1 is 0.935 bits per heavy atom. The average Bonchev–Trinajstić information content (AvgIpc) is 2.79. The third-order valence-electron chi connectivity index (χ3n) is 4.11. The van der Waals surface area contributed by atoms with E-state index in [1.165, 1.54) is 19.4 Å². The van der Waals surface area contributed by atoms with Gasteiger partial charge in [0.05, 0.1) is 18.9 Å². The highest BCUT2D eigenvalue weighted by molar-refractivity contribution is 14.1. The van der Waals surface area contributed by atoms with E-state index in [0.29, 0.717) is 16.9 Å². The maximum absolute atomic E-state index is 12.2. The lowest BCUT2D eigenvalue weighted by molar-refractivity contribution is -0.129. The molecule has 0 saturated heterocycles. The lowest BCUT2D eigenvalue weighted by atomic mass is 10.2. The highest BCUT2D eigenvalue weighted by Crippen LogP contribution is 2.27. The maximum atomic E-state index is 12.2. The molecule has 7 heteroatoms. The molecule has 0 heterocycles. The quantitative estimate of drug-likeness (QED) is 0.121. The number of halogens is 1. The van der Waals surface area contributed by atoms with Crippen LogP contribution in [-0.4, -0.2) is 25.2 Å². The minimum atomic E-state index is -0.520. The lowest BCUT2D eigenvalue weighted by Crippen LogP contribution is -2.18. The minimum absolute atomic E-state index is 0.283. The maximum Gasteiger partial charge on any atom is 0.336 e. The van der Waals surface area contributed by atoms with Gasteiger partial charge in [-0.3, -0.25) is 4.79 Å². The zero-order valence-corrected chi connectivity index (χ0v) is 18.8. The second-order valence-electron chi connectivity index (χ2n) is 6.25. The van der Waals surface area contributed by atoms with E-state index in [0.717, 1.165) is 9.13 Å². The van der Waals surface area contributed by atoms with Crippen LogP contribution in [0, 0.1) is 3.57 Å².